The van der Waals surface area contributed by atoms with Crippen LogP contribution in [0, 0.1) is 10.1 Å². The Labute approximate surface area is 190 Å². The summed E-state index contributed by atoms with van der Waals surface area (Å²) in [4.78, 5) is 38.2. The van der Waals surface area contributed by atoms with Crippen LogP contribution in [0.25, 0.3) is 5.76 Å². The van der Waals surface area contributed by atoms with Gasteiger partial charge in [-0.1, -0.05) is 23.7 Å². The van der Waals surface area contributed by atoms with Gasteiger partial charge in [-0.3, -0.25) is 19.7 Å². The molecule has 0 bridgehead atoms. The van der Waals surface area contributed by atoms with Crippen molar-refractivity contribution in [2.24, 2.45) is 0 Å². The zero-order valence-electron chi connectivity index (χ0n) is 17.7. The second-order valence-electron chi connectivity index (χ2n) is 7.59. The van der Waals surface area contributed by atoms with Crippen LogP contribution in [0.15, 0.2) is 54.1 Å². The van der Waals surface area contributed by atoms with Gasteiger partial charge < -0.3 is 14.7 Å². The smallest absolute Gasteiger partial charge is 0.295 e. The van der Waals surface area contributed by atoms with Crippen molar-refractivity contribution >= 4 is 34.7 Å². The highest BCUT2D eigenvalue weighted by atomic mass is 35.5. The van der Waals surface area contributed by atoms with Crippen molar-refractivity contribution < 1.29 is 24.4 Å². The third kappa shape index (κ3) is 4.81. The number of Topliss-reactive ketones (excluding diaryl/α,β-unsaturated/α-hetero) is 1. The van der Waals surface area contributed by atoms with E-state index in [0.717, 1.165) is 0 Å². The number of ether oxygens (including phenoxy) is 1. The fraction of sp³-hybridized carbons (Fsp3) is 0.304. The number of rotatable bonds is 8. The number of ketones is 1. The molecule has 9 heteroatoms. The normalized spacial score (nSPS) is 17.9. The first-order valence-corrected chi connectivity index (χ1v) is 10.5. The van der Waals surface area contributed by atoms with Gasteiger partial charge in [0.25, 0.3) is 17.4 Å². The average molecular weight is 459 g/mol. The minimum atomic E-state index is -1.11. The van der Waals surface area contributed by atoms with Crippen molar-refractivity contribution in [3.63, 3.8) is 0 Å². The van der Waals surface area contributed by atoms with E-state index in [1.807, 2.05) is 13.8 Å². The largest absolute Gasteiger partial charge is 0.507 e. The molecule has 0 aromatic heterocycles. The number of nitro benzene ring substituents is 1. The van der Waals surface area contributed by atoms with Gasteiger partial charge in [-0.2, -0.15) is 0 Å². The van der Waals surface area contributed by atoms with Crippen LogP contribution >= 0.6 is 11.6 Å². The Balaban J connectivity index is 2.11. The number of aliphatic hydroxyl groups is 1. The van der Waals surface area contributed by atoms with E-state index in [2.05, 4.69) is 0 Å². The lowest BCUT2D eigenvalue weighted by Gasteiger charge is -2.25. The summed E-state index contributed by atoms with van der Waals surface area (Å²) in [5, 5.41) is 23.1. The third-order valence-electron chi connectivity index (χ3n) is 5.08. The first-order chi connectivity index (χ1) is 15.2. The summed E-state index contributed by atoms with van der Waals surface area (Å²) in [6, 6.07) is 10.9. The van der Waals surface area contributed by atoms with E-state index in [9.17, 15) is 24.8 Å². The van der Waals surface area contributed by atoms with Crippen LogP contribution in [0.1, 0.15) is 37.4 Å². The Morgan fingerprint density at radius 3 is 2.47 bits per heavy atom. The van der Waals surface area contributed by atoms with Gasteiger partial charge in [0, 0.05) is 29.8 Å². The number of hydrogen-bond donors (Lipinski definition) is 1. The number of nitrogens with zero attached hydrogens (tertiary/aromatic N) is 2. The number of amides is 1. The fourth-order valence-corrected chi connectivity index (χ4v) is 3.76. The molecule has 2 aromatic rings. The SMILES string of the molecule is CC(C)OCCCN1C(=O)C(=O)C(=C(O)c2ccc(Cl)cc2)[C@@H]1c1ccccc1[N+](=O)[O-]. The van der Waals surface area contributed by atoms with Crippen molar-refractivity contribution in [1.29, 1.82) is 0 Å². The van der Waals surface area contributed by atoms with Crippen molar-refractivity contribution in [2.75, 3.05) is 13.2 Å². The number of carbonyl (C=O) groups excluding carboxylic acids is 2. The maximum absolute atomic E-state index is 13.0. The molecule has 32 heavy (non-hydrogen) atoms. The molecule has 0 radical (unpaired) electrons. The summed E-state index contributed by atoms with van der Waals surface area (Å²) in [6.45, 7) is 4.24. The van der Waals surface area contributed by atoms with Crippen molar-refractivity contribution in [2.45, 2.75) is 32.4 Å². The van der Waals surface area contributed by atoms with E-state index in [0.29, 0.717) is 18.1 Å². The van der Waals surface area contributed by atoms with Gasteiger partial charge >= 0.3 is 0 Å². The number of aliphatic hydroxyl groups excluding tert-OH is 1. The van der Waals surface area contributed by atoms with E-state index >= 15 is 0 Å². The summed E-state index contributed by atoms with van der Waals surface area (Å²) in [5.41, 5.74) is -0.0163. The number of benzene rings is 2. The zero-order chi connectivity index (χ0) is 23.4. The Kier molecular flexibility index (Phi) is 7.27. The minimum absolute atomic E-state index is 0.00123. The molecule has 1 aliphatic rings. The van der Waals surface area contributed by atoms with Gasteiger partial charge in [-0.15, -0.1) is 0 Å². The lowest BCUT2D eigenvalue weighted by atomic mass is 9.94. The van der Waals surface area contributed by atoms with E-state index in [1.165, 1.54) is 47.4 Å². The number of halogens is 1. The highest BCUT2D eigenvalue weighted by molar-refractivity contribution is 6.46. The molecular weight excluding hydrogens is 436 g/mol. The molecule has 1 amide bonds. The molecule has 1 fully saturated rings. The number of hydrogen-bond acceptors (Lipinski definition) is 6. The molecule has 3 rings (SSSR count). The molecule has 2 aromatic carbocycles. The van der Waals surface area contributed by atoms with Gasteiger partial charge in [-0.25, -0.2) is 0 Å². The van der Waals surface area contributed by atoms with Crippen LogP contribution in [0.2, 0.25) is 5.02 Å². The molecule has 0 saturated carbocycles. The van der Waals surface area contributed by atoms with Gasteiger partial charge in [-0.05, 0) is 50.6 Å². The molecule has 8 nitrogen and oxygen atoms in total. The van der Waals surface area contributed by atoms with Crippen LogP contribution in [-0.2, 0) is 14.3 Å². The lowest BCUT2D eigenvalue weighted by Crippen LogP contribution is -2.31. The van der Waals surface area contributed by atoms with Crippen LogP contribution in [0.3, 0.4) is 0 Å². The number of carbonyl (C=O) groups is 2. The van der Waals surface area contributed by atoms with Gasteiger partial charge in [0.15, 0.2) is 0 Å². The number of likely N-dealkylation sites (tertiary alicyclic amines) is 1. The number of nitro groups is 1. The second kappa shape index (κ2) is 9.93. The van der Waals surface area contributed by atoms with Crippen LogP contribution in [0.5, 0.6) is 0 Å². The molecule has 0 spiro atoms. The first-order valence-electron chi connectivity index (χ1n) is 10.1. The van der Waals surface area contributed by atoms with E-state index in [4.69, 9.17) is 16.3 Å². The minimum Gasteiger partial charge on any atom is -0.507 e. The summed E-state index contributed by atoms with van der Waals surface area (Å²) in [7, 11) is 0. The molecular formula is C23H23ClN2O6. The first kappa shape index (κ1) is 23.4. The second-order valence-corrected chi connectivity index (χ2v) is 8.02. The predicted molar refractivity (Wildman–Crippen MR) is 119 cm³/mol. The average Bonchev–Trinajstić information content (AvgIpc) is 3.01. The lowest BCUT2D eigenvalue weighted by molar-refractivity contribution is -0.385. The molecule has 1 N–H and O–H groups in total. The molecule has 1 atom stereocenters. The van der Waals surface area contributed by atoms with Crippen LogP contribution in [-0.4, -0.2) is 45.9 Å². The van der Waals surface area contributed by atoms with Crippen molar-refractivity contribution in [3.8, 4) is 0 Å². The van der Waals surface area contributed by atoms with Crippen molar-refractivity contribution in [3.05, 3.63) is 80.4 Å². The van der Waals surface area contributed by atoms with E-state index in [-0.39, 0.29) is 35.0 Å². The fourth-order valence-electron chi connectivity index (χ4n) is 3.64. The van der Waals surface area contributed by atoms with Gasteiger partial charge in [0.05, 0.1) is 28.2 Å². The van der Waals surface area contributed by atoms with Crippen molar-refractivity contribution in [1.82, 2.24) is 4.90 Å². The van der Waals surface area contributed by atoms with E-state index < -0.39 is 28.4 Å². The Morgan fingerprint density at radius 1 is 1.19 bits per heavy atom. The standard InChI is InChI=1S/C23H23ClN2O6/c1-14(2)32-13-5-12-25-20(17-6-3-4-7-18(17)26(30)31)19(22(28)23(25)29)21(27)15-8-10-16(24)11-9-15/h3-4,6-11,14,20,27H,5,12-13H2,1-2H3/t20-/m0/s1. The van der Waals surface area contributed by atoms with Gasteiger partial charge in [0.2, 0.25) is 0 Å². The molecule has 0 aliphatic carbocycles. The molecule has 1 saturated heterocycles. The highest BCUT2D eigenvalue weighted by Crippen LogP contribution is 2.42. The van der Waals surface area contributed by atoms with E-state index in [1.54, 1.807) is 6.07 Å². The van der Waals surface area contributed by atoms with Crippen LogP contribution in [0.4, 0.5) is 5.69 Å². The number of para-hydroxylation sites is 1. The molecule has 1 aliphatic heterocycles. The zero-order valence-corrected chi connectivity index (χ0v) is 18.4. The molecule has 168 valence electrons. The summed E-state index contributed by atoms with van der Waals surface area (Å²) in [5.74, 6) is -2.14. The monoisotopic (exact) mass is 458 g/mol. The quantitative estimate of drug-likeness (QED) is 0.156. The summed E-state index contributed by atoms with van der Waals surface area (Å²) < 4.78 is 5.52. The Hall–Kier alpha value is -3.23. The highest BCUT2D eigenvalue weighted by Gasteiger charge is 2.47. The maximum Gasteiger partial charge on any atom is 0.295 e. The maximum atomic E-state index is 13.0. The summed E-state index contributed by atoms with van der Waals surface area (Å²) in [6.07, 6.45) is 0.421. The Morgan fingerprint density at radius 2 is 1.84 bits per heavy atom. The van der Waals surface area contributed by atoms with Crippen LogP contribution < -0.4 is 0 Å². The Bertz CT molecular complexity index is 1060. The predicted octanol–water partition coefficient (Wildman–Crippen LogP) is 4.49. The third-order valence-corrected chi connectivity index (χ3v) is 5.33. The molecule has 1 heterocycles. The summed E-state index contributed by atoms with van der Waals surface area (Å²) >= 11 is 5.91. The van der Waals surface area contributed by atoms with Gasteiger partial charge in [0.1, 0.15) is 5.76 Å². The molecule has 0 unspecified atom stereocenters. The topological polar surface area (TPSA) is 110 Å².